The summed E-state index contributed by atoms with van der Waals surface area (Å²) < 4.78 is 13.2. The minimum absolute atomic E-state index is 0.0794. The largest absolute Gasteiger partial charge is 0.377 e. The van der Waals surface area contributed by atoms with Gasteiger partial charge in [-0.15, -0.1) is 0 Å². The van der Waals surface area contributed by atoms with E-state index in [0.29, 0.717) is 0 Å². The van der Waals surface area contributed by atoms with E-state index in [4.69, 9.17) is 0 Å². The Morgan fingerprint density at radius 3 is 2.65 bits per heavy atom. The summed E-state index contributed by atoms with van der Waals surface area (Å²) in [5.74, 6) is -0.465. The van der Waals surface area contributed by atoms with Gasteiger partial charge in [-0.2, -0.15) is 0 Å². The average Bonchev–Trinajstić information content (AvgIpc) is 2.38. The predicted molar refractivity (Wildman–Crippen MR) is 79.5 cm³/mol. The molecule has 1 aromatic rings. The van der Waals surface area contributed by atoms with Crippen molar-refractivity contribution in [1.82, 2.24) is 0 Å². The van der Waals surface area contributed by atoms with Gasteiger partial charge in [0.25, 0.3) is 5.69 Å². The minimum Gasteiger partial charge on any atom is -0.377 e. The van der Waals surface area contributed by atoms with Crippen molar-refractivity contribution in [2.75, 3.05) is 5.32 Å². The molecule has 0 saturated carbocycles. The fourth-order valence-electron chi connectivity index (χ4n) is 2.17. The van der Waals surface area contributed by atoms with Gasteiger partial charge < -0.3 is 5.32 Å². The van der Waals surface area contributed by atoms with E-state index in [0.717, 1.165) is 18.9 Å². The highest BCUT2D eigenvalue weighted by molar-refractivity contribution is 5.61. The highest BCUT2D eigenvalue weighted by Gasteiger charge is 2.15. The molecule has 0 amide bonds. The molecule has 0 radical (unpaired) electrons. The molecule has 0 heterocycles. The summed E-state index contributed by atoms with van der Waals surface area (Å²) in [4.78, 5) is 10.4. The smallest absolute Gasteiger partial charge is 0.292 e. The Hall–Kier alpha value is -1.65. The lowest BCUT2D eigenvalue weighted by Gasteiger charge is -2.15. The number of nitro benzene ring substituents is 1. The topological polar surface area (TPSA) is 55.2 Å². The summed E-state index contributed by atoms with van der Waals surface area (Å²) in [5.41, 5.74) is 0.181. The summed E-state index contributed by atoms with van der Waals surface area (Å²) in [7, 11) is 0. The number of halogens is 1. The minimum atomic E-state index is -0.490. The number of hydrogen-bond acceptors (Lipinski definition) is 3. The summed E-state index contributed by atoms with van der Waals surface area (Å²) in [6.45, 7) is 4.14. The molecule has 0 fully saturated rings. The van der Waals surface area contributed by atoms with Gasteiger partial charge in [-0.3, -0.25) is 10.1 Å². The fraction of sp³-hybridized carbons (Fsp3) is 0.600. The average molecular weight is 282 g/mol. The molecule has 0 bridgehead atoms. The van der Waals surface area contributed by atoms with Gasteiger partial charge in [0.15, 0.2) is 0 Å². The van der Waals surface area contributed by atoms with Gasteiger partial charge in [-0.05, 0) is 19.4 Å². The molecule has 112 valence electrons. The first kappa shape index (κ1) is 16.4. The Kier molecular flexibility index (Phi) is 6.98. The van der Waals surface area contributed by atoms with Crippen LogP contribution in [0.25, 0.3) is 0 Å². The maximum Gasteiger partial charge on any atom is 0.292 e. The highest BCUT2D eigenvalue weighted by Crippen LogP contribution is 2.26. The second-order valence-electron chi connectivity index (χ2n) is 5.17. The Morgan fingerprint density at radius 2 is 2.00 bits per heavy atom. The molecule has 1 atom stereocenters. The molecular formula is C15H23FN2O2. The number of nitrogens with one attached hydrogen (secondary N) is 1. The van der Waals surface area contributed by atoms with E-state index >= 15 is 0 Å². The molecule has 1 rings (SSSR count). The lowest BCUT2D eigenvalue weighted by atomic mass is 10.1. The van der Waals surface area contributed by atoms with Crippen molar-refractivity contribution in [3.05, 3.63) is 34.1 Å². The van der Waals surface area contributed by atoms with E-state index in [1.54, 1.807) is 0 Å². The molecule has 0 aliphatic heterocycles. The van der Waals surface area contributed by atoms with Crippen molar-refractivity contribution >= 4 is 11.4 Å². The summed E-state index contributed by atoms with van der Waals surface area (Å²) >= 11 is 0. The predicted octanol–water partition coefficient (Wildman–Crippen LogP) is 4.89. The lowest BCUT2D eigenvalue weighted by molar-refractivity contribution is -0.384. The SMILES string of the molecule is CCCCCCCC(C)Nc1cc(F)ccc1[N+](=O)[O-]. The van der Waals surface area contributed by atoms with Crippen LogP contribution in [-0.4, -0.2) is 11.0 Å². The lowest BCUT2D eigenvalue weighted by Crippen LogP contribution is -2.16. The third-order valence-electron chi connectivity index (χ3n) is 3.30. The molecule has 0 aliphatic carbocycles. The molecule has 0 spiro atoms. The molecule has 0 saturated heterocycles. The number of hydrogen-bond donors (Lipinski definition) is 1. The molecule has 20 heavy (non-hydrogen) atoms. The maximum atomic E-state index is 13.2. The van der Waals surface area contributed by atoms with Crippen LogP contribution in [0.15, 0.2) is 18.2 Å². The summed E-state index contributed by atoms with van der Waals surface area (Å²) in [6.07, 6.45) is 6.86. The zero-order valence-corrected chi connectivity index (χ0v) is 12.2. The first-order chi connectivity index (χ1) is 9.54. The van der Waals surface area contributed by atoms with Crippen LogP contribution < -0.4 is 5.32 Å². The number of nitrogens with zero attached hydrogens (tertiary/aromatic N) is 1. The van der Waals surface area contributed by atoms with Gasteiger partial charge in [0.1, 0.15) is 11.5 Å². The maximum absolute atomic E-state index is 13.2. The Bertz CT molecular complexity index is 438. The number of benzene rings is 1. The zero-order valence-electron chi connectivity index (χ0n) is 12.2. The highest BCUT2D eigenvalue weighted by atomic mass is 19.1. The first-order valence-electron chi connectivity index (χ1n) is 7.25. The van der Waals surface area contributed by atoms with Crippen molar-refractivity contribution in [2.45, 2.75) is 58.4 Å². The normalized spacial score (nSPS) is 12.2. The van der Waals surface area contributed by atoms with E-state index in [9.17, 15) is 14.5 Å². The quantitative estimate of drug-likeness (QED) is 0.398. The van der Waals surface area contributed by atoms with Crippen LogP contribution in [0, 0.1) is 15.9 Å². The Balaban J connectivity index is 2.50. The van der Waals surface area contributed by atoms with E-state index in [-0.39, 0.29) is 17.4 Å². The molecule has 4 nitrogen and oxygen atoms in total. The number of rotatable bonds is 9. The van der Waals surface area contributed by atoms with E-state index in [1.807, 2.05) is 6.92 Å². The van der Waals surface area contributed by atoms with Gasteiger partial charge >= 0.3 is 0 Å². The molecular weight excluding hydrogens is 259 g/mol. The summed E-state index contributed by atoms with van der Waals surface area (Å²) in [6, 6.07) is 3.59. The molecule has 1 unspecified atom stereocenters. The van der Waals surface area contributed by atoms with E-state index in [2.05, 4.69) is 12.2 Å². The van der Waals surface area contributed by atoms with E-state index < -0.39 is 10.7 Å². The first-order valence-corrected chi connectivity index (χ1v) is 7.25. The van der Waals surface area contributed by atoms with Crippen molar-refractivity contribution in [3.63, 3.8) is 0 Å². The molecule has 0 aromatic heterocycles. The van der Waals surface area contributed by atoms with Crippen LogP contribution >= 0.6 is 0 Å². The fourth-order valence-corrected chi connectivity index (χ4v) is 2.17. The monoisotopic (exact) mass is 282 g/mol. The number of nitro groups is 1. The summed E-state index contributed by atoms with van der Waals surface area (Å²) in [5, 5.41) is 13.9. The van der Waals surface area contributed by atoms with Crippen molar-refractivity contribution in [1.29, 1.82) is 0 Å². The van der Waals surface area contributed by atoms with Crippen molar-refractivity contribution < 1.29 is 9.31 Å². The third-order valence-corrected chi connectivity index (χ3v) is 3.30. The van der Waals surface area contributed by atoms with Crippen LogP contribution in [0.2, 0.25) is 0 Å². The van der Waals surface area contributed by atoms with E-state index in [1.165, 1.54) is 37.8 Å². The second-order valence-corrected chi connectivity index (χ2v) is 5.17. The van der Waals surface area contributed by atoms with Gasteiger partial charge in [0, 0.05) is 18.2 Å². The molecule has 1 N–H and O–H groups in total. The van der Waals surface area contributed by atoms with Gasteiger partial charge in [0.05, 0.1) is 4.92 Å². The molecule has 5 heteroatoms. The van der Waals surface area contributed by atoms with Gasteiger partial charge in [-0.1, -0.05) is 39.0 Å². The van der Waals surface area contributed by atoms with Crippen LogP contribution in [0.1, 0.15) is 52.4 Å². The van der Waals surface area contributed by atoms with Crippen LogP contribution in [0.5, 0.6) is 0 Å². The zero-order chi connectivity index (χ0) is 15.0. The number of anilines is 1. The van der Waals surface area contributed by atoms with Gasteiger partial charge in [-0.25, -0.2) is 4.39 Å². The molecule has 1 aromatic carbocycles. The standard InChI is InChI=1S/C15H23FN2O2/c1-3-4-5-6-7-8-12(2)17-14-11-13(16)9-10-15(14)18(19)20/h9-12,17H,3-8H2,1-2H3. The van der Waals surface area contributed by atoms with Crippen LogP contribution in [0.4, 0.5) is 15.8 Å². The second kappa shape index (κ2) is 8.51. The third kappa shape index (κ3) is 5.55. The van der Waals surface area contributed by atoms with Crippen LogP contribution in [0.3, 0.4) is 0 Å². The number of unbranched alkanes of at least 4 members (excludes halogenated alkanes) is 4. The van der Waals surface area contributed by atoms with Gasteiger partial charge in [0.2, 0.25) is 0 Å². The van der Waals surface area contributed by atoms with Crippen molar-refractivity contribution in [2.24, 2.45) is 0 Å². The van der Waals surface area contributed by atoms with Crippen molar-refractivity contribution in [3.8, 4) is 0 Å². The molecule has 0 aliphatic rings. The Morgan fingerprint density at radius 1 is 1.30 bits per heavy atom. The Labute approximate surface area is 119 Å². The van der Waals surface area contributed by atoms with Crippen LogP contribution in [-0.2, 0) is 0 Å².